The van der Waals surface area contributed by atoms with Crippen LogP contribution in [-0.2, 0) is 9.53 Å². The Bertz CT molecular complexity index is 786. The zero-order chi connectivity index (χ0) is 20.2. The van der Waals surface area contributed by atoms with Crippen LogP contribution in [0.2, 0.25) is 0 Å². The Hall–Kier alpha value is -2.42. The fraction of sp³-hybridized carbons (Fsp3) is 0.444. The molecule has 5 nitrogen and oxygen atoms in total. The lowest BCUT2D eigenvalue weighted by Gasteiger charge is -2.21. The van der Waals surface area contributed by atoms with E-state index in [1.807, 2.05) is 0 Å². The third kappa shape index (κ3) is 4.29. The van der Waals surface area contributed by atoms with E-state index in [9.17, 15) is 32.6 Å². The Morgan fingerprint density at radius 1 is 1.22 bits per heavy atom. The second-order valence-corrected chi connectivity index (χ2v) is 6.18. The number of aliphatic imine (C=N–C) groups is 1. The van der Waals surface area contributed by atoms with Crippen molar-refractivity contribution in [2.75, 3.05) is 13.2 Å². The molecular formula is C18H19F4NO4. The van der Waals surface area contributed by atoms with Gasteiger partial charge in [-0.25, -0.2) is 22.4 Å². The maximum atomic E-state index is 14.0. The van der Waals surface area contributed by atoms with E-state index in [-0.39, 0.29) is 19.3 Å². The van der Waals surface area contributed by atoms with E-state index in [1.165, 1.54) is 6.92 Å². The molecule has 148 valence electrons. The average molecular weight is 389 g/mol. The van der Waals surface area contributed by atoms with Gasteiger partial charge in [0.1, 0.15) is 11.3 Å². The van der Waals surface area contributed by atoms with Gasteiger partial charge < -0.3 is 14.9 Å². The molecule has 1 aromatic carbocycles. The number of esters is 1. The summed E-state index contributed by atoms with van der Waals surface area (Å²) >= 11 is 0. The van der Waals surface area contributed by atoms with Crippen LogP contribution in [0.5, 0.6) is 0 Å². The largest absolute Gasteiger partial charge is 0.506 e. The van der Waals surface area contributed by atoms with Gasteiger partial charge in [0.15, 0.2) is 23.3 Å². The number of benzene rings is 1. The highest BCUT2D eigenvalue weighted by Gasteiger charge is 2.33. The molecule has 0 saturated heterocycles. The Balaban J connectivity index is 2.57. The third-order valence-electron chi connectivity index (χ3n) is 4.40. The molecule has 0 amide bonds. The summed E-state index contributed by atoms with van der Waals surface area (Å²) in [5.41, 5.74) is -2.58. The molecule has 2 N–H and O–H groups in total. The standard InChI is InChI=1S/C18H19F4NO4/c1-2-27-17(26)11(8-23-18(9-24)5-3-4-6-18)16(25)10-7-12(19)14(21)15(22)13(10)20/h7-8,24-25H,2-6,9H2,1H3/b16-11-,23-8?. The molecule has 0 radical (unpaired) electrons. The van der Waals surface area contributed by atoms with Crippen LogP contribution in [0.25, 0.3) is 5.76 Å². The van der Waals surface area contributed by atoms with Gasteiger partial charge in [-0.2, -0.15) is 0 Å². The van der Waals surface area contributed by atoms with Crippen molar-refractivity contribution in [1.29, 1.82) is 0 Å². The van der Waals surface area contributed by atoms with E-state index in [1.54, 1.807) is 0 Å². The van der Waals surface area contributed by atoms with Gasteiger partial charge in [0, 0.05) is 6.21 Å². The van der Waals surface area contributed by atoms with Gasteiger partial charge in [-0.05, 0) is 25.8 Å². The van der Waals surface area contributed by atoms with Crippen LogP contribution in [0.4, 0.5) is 17.6 Å². The summed E-state index contributed by atoms with van der Waals surface area (Å²) in [6, 6.07) is 0.230. The van der Waals surface area contributed by atoms with Crippen LogP contribution in [-0.4, -0.2) is 41.1 Å². The highest BCUT2D eigenvalue weighted by atomic mass is 19.2. The lowest BCUT2D eigenvalue weighted by Crippen LogP contribution is -2.27. The number of carbonyl (C=O) groups excluding carboxylic acids is 1. The SMILES string of the molecule is CCOC(=O)/C(C=NC1(CO)CCCC1)=C(\O)c1cc(F)c(F)c(F)c1F. The van der Waals surface area contributed by atoms with Crippen LogP contribution in [0, 0.1) is 23.3 Å². The maximum Gasteiger partial charge on any atom is 0.343 e. The van der Waals surface area contributed by atoms with Crippen molar-refractivity contribution in [3.8, 4) is 0 Å². The minimum absolute atomic E-state index is 0.0940. The molecule has 0 aliphatic heterocycles. The molecule has 0 unspecified atom stereocenters. The molecule has 1 aromatic rings. The molecule has 9 heteroatoms. The molecule has 0 spiro atoms. The van der Waals surface area contributed by atoms with Crippen LogP contribution in [0.3, 0.4) is 0 Å². The summed E-state index contributed by atoms with van der Waals surface area (Å²) < 4.78 is 58.8. The summed E-state index contributed by atoms with van der Waals surface area (Å²) in [7, 11) is 0. The molecule has 0 bridgehead atoms. The smallest absolute Gasteiger partial charge is 0.343 e. The van der Waals surface area contributed by atoms with Crippen LogP contribution in [0.15, 0.2) is 16.6 Å². The Kier molecular flexibility index (Phi) is 6.59. The number of aliphatic hydroxyl groups excluding tert-OH is 2. The zero-order valence-corrected chi connectivity index (χ0v) is 14.6. The third-order valence-corrected chi connectivity index (χ3v) is 4.40. The van der Waals surface area contributed by atoms with Crippen molar-refractivity contribution >= 4 is 17.9 Å². The molecular weight excluding hydrogens is 370 g/mol. The van der Waals surface area contributed by atoms with Gasteiger partial charge >= 0.3 is 5.97 Å². The molecule has 0 atom stereocenters. The predicted octanol–water partition coefficient (Wildman–Crippen LogP) is 3.45. The first-order valence-corrected chi connectivity index (χ1v) is 8.36. The second-order valence-electron chi connectivity index (χ2n) is 6.18. The lowest BCUT2D eigenvalue weighted by atomic mass is 10.00. The molecule has 1 fully saturated rings. The van der Waals surface area contributed by atoms with Crippen LogP contribution in [0.1, 0.15) is 38.2 Å². The first kappa shape index (κ1) is 20.9. The summed E-state index contributed by atoms with van der Waals surface area (Å²) in [5.74, 6) is -10.0. The first-order valence-electron chi connectivity index (χ1n) is 8.36. The van der Waals surface area contributed by atoms with Gasteiger partial charge in [0.05, 0.1) is 24.3 Å². The van der Waals surface area contributed by atoms with E-state index in [4.69, 9.17) is 4.74 Å². The first-order chi connectivity index (χ1) is 12.8. The molecule has 27 heavy (non-hydrogen) atoms. The number of carbonyl (C=O) groups is 1. The molecule has 0 aromatic heterocycles. The predicted molar refractivity (Wildman–Crippen MR) is 89.2 cm³/mol. The summed E-state index contributed by atoms with van der Waals surface area (Å²) in [6.07, 6.45) is 3.54. The number of halogens is 4. The van der Waals surface area contributed by atoms with Crippen molar-refractivity contribution in [1.82, 2.24) is 0 Å². The minimum Gasteiger partial charge on any atom is -0.506 e. The number of hydrogen-bond donors (Lipinski definition) is 2. The lowest BCUT2D eigenvalue weighted by molar-refractivity contribution is -0.137. The van der Waals surface area contributed by atoms with Gasteiger partial charge in [-0.3, -0.25) is 4.99 Å². The zero-order valence-electron chi connectivity index (χ0n) is 14.6. The van der Waals surface area contributed by atoms with Gasteiger partial charge in [-0.15, -0.1) is 0 Å². The van der Waals surface area contributed by atoms with Gasteiger partial charge in [0.25, 0.3) is 0 Å². The van der Waals surface area contributed by atoms with E-state index >= 15 is 0 Å². The van der Waals surface area contributed by atoms with E-state index in [0.717, 1.165) is 19.1 Å². The Labute approximate surface area is 153 Å². The molecule has 1 saturated carbocycles. The highest BCUT2D eigenvalue weighted by Crippen LogP contribution is 2.33. The Morgan fingerprint density at radius 3 is 2.41 bits per heavy atom. The van der Waals surface area contributed by atoms with Crippen molar-refractivity contribution < 1.29 is 37.3 Å². The summed E-state index contributed by atoms with van der Waals surface area (Å²) in [5, 5.41) is 19.8. The molecule has 2 rings (SSSR count). The van der Waals surface area contributed by atoms with Crippen LogP contribution < -0.4 is 0 Å². The normalized spacial score (nSPS) is 17.3. The monoisotopic (exact) mass is 389 g/mol. The van der Waals surface area contributed by atoms with Crippen molar-refractivity contribution in [3.63, 3.8) is 0 Å². The number of aliphatic hydroxyl groups is 2. The Morgan fingerprint density at radius 2 is 1.85 bits per heavy atom. The quantitative estimate of drug-likeness (QED) is 0.149. The summed E-state index contributed by atoms with van der Waals surface area (Å²) in [6.45, 7) is 1.07. The van der Waals surface area contributed by atoms with E-state index in [0.29, 0.717) is 12.8 Å². The topological polar surface area (TPSA) is 79.1 Å². The molecule has 1 aliphatic rings. The summed E-state index contributed by atoms with van der Waals surface area (Å²) in [4.78, 5) is 16.3. The van der Waals surface area contributed by atoms with Crippen LogP contribution >= 0.6 is 0 Å². The molecule has 0 heterocycles. The second kappa shape index (κ2) is 8.51. The van der Waals surface area contributed by atoms with Crippen molar-refractivity contribution in [2.45, 2.75) is 38.1 Å². The van der Waals surface area contributed by atoms with Gasteiger partial charge in [0.2, 0.25) is 0 Å². The number of nitrogens with zero attached hydrogens (tertiary/aromatic N) is 1. The maximum absolute atomic E-state index is 14.0. The fourth-order valence-corrected chi connectivity index (χ4v) is 2.87. The molecule has 1 aliphatic carbocycles. The van der Waals surface area contributed by atoms with Crippen molar-refractivity contribution in [3.05, 3.63) is 40.5 Å². The van der Waals surface area contributed by atoms with Crippen molar-refractivity contribution in [2.24, 2.45) is 4.99 Å². The number of ether oxygens (including phenoxy) is 1. The fourth-order valence-electron chi connectivity index (χ4n) is 2.87. The minimum atomic E-state index is -2.13. The number of hydrogen-bond acceptors (Lipinski definition) is 5. The van der Waals surface area contributed by atoms with E-state index < -0.39 is 51.7 Å². The number of rotatable bonds is 6. The van der Waals surface area contributed by atoms with Gasteiger partial charge in [-0.1, -0.05) is 12.8 Å². The van der Waals surface area contributed by atoms with E-state index in [2.05, 4.69) is 4.99 Å². The average Bonchev–Trinajstić information content (AvgIpc) is 3.12. The highest BCUT2D eigenvalue weighted by molar-refractivity contribution is 6.15.